The molecule has 2 rings (SSSR count). The van der Waals surface area contributed by atoms with E-state index in [0.717, 1.165) is 36.1 Å². The van der Waals surface area contributed by atoms with E-state index in [-0.39, 0.29) is 10.6 Å². The molecular weight excluding hydrogens is 348 g/mol. The lowest BCUT2D eigenvalue weighted by molar-refractivity contribution is 0.102. The van der Waals surface area contributed by atoms with Crippen LogP contribution in [-0.4, -0.2) is 10.5 Å². The van der Waals surface area contributed by atoms with Crippen molar-refractivity contribution in [1.82, 2.24) is 4.57 Å². The molecule has 2 aromatic rings. The number of nitrogens with zero attached hydrogens (tertiary/aromatic N) is 1. The van der Waals surface area contributed by atoms with Gasteiger partial charge in [0.15, 0.2) is 0 Å². The summed E-state index contributed by atoms with van der Waals surface area (Å²) in [5, 5.41) is 3.10. The summed E-state index contributed by atoms with van der Waals surface area (Å²) < 4.78 is 1.95. The van der Waals surface area contributed by atoms with E-state index >= 15 is 0 Å². The molecule has 4 nitrogen and oxygen atoms in total. The maximum Gasteiger partial charge on any atom is 0.261 e. The number of carbonyl (C=O) groups excluding carboxylic acids is 1. The molecule has 0 saturated carbocycles. The fourth-order valence-corrected chi connectivity index (χ4v) is 3.55. The highest BCUT2D eigenvalue weighted by Gasteiger charge is 2.22. The Balaban J connectivity index is 2.57. The average molecular weight is 375 g/mol. The Labute approximate surface area is 160 Å². The van der Waals surface area contributed by atoms with Gasteiger partial charge in [-0.05, 0) is 44.2 Å². The number of hydrogen-bond donors (Lipinski definition) is 1. The zero-order chi connectivity index (χ0) is 19.4. The number of aromatic nitrogens is 1. The highest BCUT2D eigenvalue weighted by Crippen LogP contribution is 2.24. The summed E-state index contributed by atoms with van der Waals surface area (Å²) in [6, 6.07) is 5.99. The Kier molecular flexibility index (Phi) is 6.65. The van der Waals surface area contributed by atoms with E-state index < -0.39 is 11.3 Å². The van der Waals surface area contributed by atoms with Crippen LogP contribution in [0.5, 0.6) is 0 Å². The van der Waals surface area contributed by atoms with Crippen LogP contribution in [0.2, 0.25) is 5.02 Å². The van der Waals surface area contributed by atoms with Gasteiger partial charge in [0.2, 0.25) is 5.43 Å². The molecule has 26 heavy (non-hydrogen) atoms. The number of halogens is 1. The molecule has 1 aromatic heterocycles. The third kappa shape index (κ3) is 3.70. The molecular formula is C21H27ClN2O2. The summed E-state index contributed by atoms with van der Waals surface area (Å²) in [6.45, 7) is 10.5. The topological polar surface area (TPSA) is 51.1 Å². The predicted molar refractivity (Wildman–Crippen MR) is 109 cm³/mol. The van der Waals surface area contributed by atoms with Gasteiger partial charge in [-0.2, -0.15) is 0 Å². The van der Waals surface area contributed by atoms with Gasteiger partial charge in [0.1, 0.15) is 10.6 Å². The van der Waals surface area contributed by atoms with Crippen molar-refractivity contribution in [1.29, 1.82) is 0 Å². The smallest absolute Gasteiger partial charge is 0.261 e. The quantitative estimate of drug-likeness (QED) is 0.781. The van der Waals surface area contributed by atoms with Gasteiger partial charge in [-0.3, -0.25) is 9.59 Å². The van der Waals surface area contributed by atoms with Crippen molar-refractivity contribution in [3.05, 3.63) is 61.5 Å². The van der Waals surface area contributed by atoms with Crippen LogP contribution >= 0.6 is 11.6 Å². The zero-order valence-electron chi connectivity index (χ0n) is 16.2. The van der Waals surface area contributed by atoms with E-state index in [0.29, 0.717) is 17.9 Å². The van der Waals surface area contributed by atoms with Crippen LogP contribution in [0.3, 0.4) is 0 Å². The molecule has 140 valence electrons. The molecule has 0 aliphatic heterocycles. The second-order valence-electron chi connectivity index (χ2n) is 6.45. The molecule has 0 unspecified atom stereocenters. The van der Waals surface area contributed by atoms with Gasteiger partial charge in [-0.25, -0.2) is 0 Å². The number of aryl methyl sites for hydroxylation is 2. The van der Waals surface area contributed by atoms with Crippen molar-refractivity contribution in [2.24, 2.45) is 0 Å². The molecule has 0 bridgehead atoms. The van der Waals surface area contributed by atoms with Crippen molar-refractivity contribution in [3.8, 4) is 0 Å². The molecule has 0 atom stereocenters. The Morgan fingerprint density at radius 2 is 1.65 bits per heavy atom. The van der Waals surface area contributed by atoms with E-state index in [1.807, 2.05) is 50.5 Å². The molecule has 0 fully saturated rings. The second-order valence-corrected chi connectivity index (χ2v) is 6.83. The zero-order valence-corrected chi connectivity index (χ0v) is 17.0. The van der Waals surface area contributed by atoms with Crippen LogP contribution in [0.1, 0.15) is 60.1 Å². The van der Waals surface area contributed by atoms with Crippen molar-refractivity contribution >= 4 is 23.2 Å². The molecule has 1 N–H and O–H groups in total. The molecule has 5 heteroatoms. The van der Waals surface area contributed by atoms with Crippen LogP contribution in [0.4, 0.5) is 5.69 Å². The third-order valence-corrected chi connectivity index (χ3v) is 5.27. The van der Waals surface area contributed by atoms with Crippen LogP contribution in [0, 0.1) is 13.8 Å². The van der Waals surface area contributed by atoms with Crippen LogP contribution < -0.4 is 10.7 Å². The molecule has 1 amide bonds. The molecule has 0 spiro atoms. The van der Waals surface area contributed by atoms with Crippen molar-refractivity contribution in [3.63, 3.8) is 0 Å². The molecule has 1 heterocycles. The highest BCUT2D eigenvalue weighted by atomic mass is 35.5. The minimum absolute atomic E-state index is 0.119. The standard InChI is InChI=1S/C21H27ClN2O2/c1-6-12-24-13(4)17(20(25)18(22)14(24)5)21(26)23-19-15(7-2)10-9-11-16(19)8-3/h9-11H,6-8,12H2,1-5H3,(H,23,26). The first kappa shape index (κ1) is 20.2. The average Bonchev–Trinajstić information content (AvgIpc) is 2.63. The van der Waals surface area contributed by atoms with Crippen molar-refractivity contribution in [2.45, 2.75) is 60.4 Å². The largest absolute Gasteiger partial charge is 0.347 e. The molecule has 0 aliphatic rings. The van der Waals surface area contributed by atoms with Gasteiger partial charge in [0.05, 0.1) is 0 Å². The number of amides is 1. The van der Waals surface area contributed by atoms with Crippen molar-refractivity contribution < 1.29 is 4.79 Å². The molecule has 0 saturated heterocycles. The normalized spacial score (nSPS) is 10.8. The predicted octanol–water partition coefficient (Wildman–Crippen LogP) is 4.91. The summed E-state index contributed by atoms with van der Waals surface area (Å²) in [6.07, 6.45) is 2.49. The number of benzene rings is 1. The maximum atomic E-state index is 13.0. The Morgan fingerprint density at radius 1 is 1.08 bits per heavy atom. The van der Waals surface area contributed by atoms with E-state index in [4.69, 9.17) is 11.6 Å². The Hall–Kier alpha value is -2.07. The van der Waals surface area contributed by atoms with Gasteiger partial charge < -0.3 is 9.88 Å². The first-order valence-electron chi connectivity index (χ1n) is 9.18. The Bertz CT molecular complexity index is 862. The highest BCUT2D eigenvalue weighted by molar-refractivity contribution is 6.31. The monoisotopic (exact) mass is 374 g/mol. The lowest BCUT2D eigenvalue weighted by Gasteiger charge is -2.19. The number of pyridine rings is 1. The van der Waals surface area contributed by atoms with E-state index in [9.17, 15) is 9.59 Å². The second kappa shape index (κ2) is 8.54. The van der Waals surface area contributed by atoms with E-state index in [1.54, 1.807) is 0 Å². The molecule has 0 aliphatic carbocycles. The van der Waals surface area contributed by atoms with E-state index in [1.165, 1.54) is 0 Å². The summed E-state index contributed by atoms with van der Waals surface area (Å²) in [5.74, 6) is -0.394. The summed E-state index contributed by atoms with van der Waals surface area (Å²) in [7, 11) is 0. The lowest BCUT2D eigenvalue weighted by atomic mass is 10.0. The van der Waals surface area contributed by atoms with Crippen LogP contribution in [-0.2, 0) is 19.4 Å². The van der Waals surface area contributed by atoms with Gasteiger partial charge >= 0.3 is 0 Å². The number of para-hydroxylation sites is 1. The molecule has 1 aromatic carbocycles. The fourth-order valence-electron chi connectivity index (χ4n) is 3.35. The van der Waals surface area contributed by atoms with Crippen molar-refractivity contribution in [2.75, 3.05) is 5.32 Å². The minimum Gasteiger partial charge on any atom is -0.347 e. The number of rotatable bonds is 6. The Morgan fingerprint density at radius 3 is 2.15 bits per heavy atom. The summed E-state index contributed by atoms with van der Waals surface area (Å²) >= 11 is 6.25. The van der Waals surface area contributed by atoms with Gasteiger partial charge in [-0.15, -0.1) is 0 Å². The number of anilines is 1. The van der Waals surface area contributed by atoms with Gasteiger partial charge in [0, 0.05) is 23.6 Å². The summed E-state index contributed by atoms with van der Waals surface area (Å²) in [5.41, 5.74) is 4.00. The third-order valence-electron chi connectivity index (χ3n) is 4.83. The lowest BCUT2D eigenvalue weighted by Crippen LogP contribution is -2.28. The number of carbonyl (C=O) groups is 1. The van der Waals surface area contributed by atoms with E-state index in [2.05, 4.69) is 12.2 Å². The first-order chi connectivity index (χ1) is 12.4. The molecule has 0 radical (unpaired) electrons. The fraction of sp³-hybridized carbons (Fsp3) is 0.429. The van der Waals surface area contributed by atoms with Gasteiger partial charge in [0.25, 0.3) is 5.91 Å². The number of nitrogens with one attached hydrogen (secondary N) is 1. The minimum atomic E-state index is -0.404. The van der Waals surface area contributed by atoms with Crippen LogP contribution in [0.25, 0.3) is 0 Å². The SMILES string of the molecule is CCCn1c(C)c(Cl)c(=O)c(C(=O)Nc2c(CC)cccc2CC)c1C. The van der Waals surface area contributed by atoms with Crippen LogP contribution in [0.15, 0.2) is 23.0 Å². The summed E-state index contributed by atoms with van der Waals surface area (Å²) in [4.78, 5) is 25.7. The maximum absolute atomic E-state index is 13.0. The first-order valence-corrected chi connectivity index (χ1v) is 9.56. The number of hydrogen-bond acceptors (Lipinski definition) is 2. The van der Waals surface area contributed by atoms with Gasteiger partial charge in [-0.1, -0.05) is 50.6 Å².